The summed E-state index contributed by atoms with van der Waals surface area (Å²) in [4.78, 5) is 0. The molecule has 0 aromatic rings. The molecule has 0 radical (unpaired) electrons. The predicted octanol–water partition coefficient (Wildman–Crippen LogP) is 8.02. The van der Waals surface area contributed by atoms with Gasteiger partial charge in [-0.2, -0.15) is 0 Å². The van der Waals surface area contributed by atoms with Crippen molar-refractivity contribution in [2.45, 2.75) is 77.0 Å². The molecule has 0 nitrogen and oxygen atoms in total. The second kappa shape index (κ2) is 17.8. The van der Waals surface area contributed by atoms with Crippen LogP contribution in [0.4, 0.5) is 0 Å². The summed E-state index contributed by atoms with van der Waals surface area (Å²) < 4.78 is 0. The molecule has 132 valence electrons. The first-order valence-corrected chi connectivity index (χ1v) is 9.92. The van der Waals surface area contributed by atoms with Gasteiger partial charge in [0.05, 0.1) is 0 Å². The molecule has 0 aromatic heterocycles. The normalized spacial score (nSPS) is 22.7. The van der Waals surface area contributed by atoms with Crippen LogP contribution in [-0.2, 0) is 0 Å². The molecule has 3 aliphatic carbocycles. The summed E-state index contributed by atoms with van der Waals surface area (Å²) in [5, 5.41) is 0. The monoisotopic (exact) mass is 324 g/mol. The molecule has 0 fully saturated rings. The molecule has 0 bridgehead atoms. The maximum atomic E-state index is 2.27. The van der Waals surface area contributed by atoms with Gasteiger partial charge in [0.25, 0.3) is 0 Å². The lowest BCUT2D eigenvalue weighted by atomic mass is 10.1. The standard InChI is InChI=1S/3C8H12/c3*1-2-4-6-8-7-5-3-1/h1-2,7-8H,3-6H2;1-2,5,7H,3-4,6,8H2;1-4H,5-8H2/b2-1-,8-7?;2-1-,7-5?;. The van der Waals surface area contributed by atoms with Crippen LogP contribution in [0.2, 0.25) is 0 Å². The topological polar surface area (TPSA) is 0 Å². The summed E-state index contributed by atoms with van der Waals surface area (Å²) in [6.45, 7) is 0. The Morgan fingerprint density at radius 2 is 0.667 bits per heavy atom. The summed E-state index contributed by atoms with van der Waals surface area (Å²) in [6.07, 6.45) is 42.0. The van der Waals surface area contributed by atoms with Gasteiger partial charge in [0.1, 0.15) is 0 Å². The van der Waals surface area contributed by atoms with Crippen molar-refractivity contribution in [3.05, 3.63) is 72.9 Å². The van der Waals surface area contributed by atoms with Gasteiger partial charge in [-0.25, -0.2) is 0 Å². The maximum Gasteiger partial charge on any atom is -0.0169 e. The number of hydrogen-bond donors (Lipinski definition) is 0. The molecule has 0 atom stereocenters. The van der Waals surface area contributed by atoms with Crippen molar-refractivity contribution < 1.29 is 0 Å². The smallest absolute Gasteiger partial charge is 0.0169 e. The number of hydrogen-bond acceptors (Lipinski definition) is 0. The first-order valence-electron chi connectivity index (χ1n) is 9.92. The van der Waals surface area contributed by atoms with E-state index in [1.165, 1.54) is 70.6 Å². The zero-order valence-corrected chi connectivity index (χ0v) is 15.4. The molecule has 0 N–H and O–H groups in total. The molecule has 0 amide bonds. The van der Waals surface area contributed by atoms with Crippen molar-refractivity contribution in [1.29, 1.82) is 0 Å². The summed E-state index contributed by atoms with van der Waals surface area (Å²) in [6, 6.07) is 0. The molecule has 3 rings (SSSR count). The third-order valence-electron chi connectivity index (χ3n) is 4.06. The zero-order chi connectivity index (χ0) is 17.0. The highest BCUT2D eigenvalue weighted by Crippen LogP contribution is 2.05. The Hall–Kier alpha value is -1.56. The van der Waals surface area contributed by atoms with Crippen LogP contribution >= 0.6 is 0 Å². The van der Waals surface area contributed by atoms with Gasteiger partial charge in [-0.05, 0) is 77.0 Å². The Bertz CT molecular complexity index is 377. The summed E-state index contributed by atoms with van der Waals surface area (Å²) in [5.74, 6) is 0. The Morgan fingerprint density at radius 1 is 0.292 bits per heavy atom. The zero-order valence-electron chi connectivity index (χ0n) is 15.4. The van der Waals surface area contributed by atoms with Gasteiger partial charge in [-0.15, -0.1) is 0 Å². The molecule has 0 saturated heterocycles. The predicted molar refractivity (Wildman–Crippen MR) is 110 cm³/mol. The quantitative estimate of drug-likeness (QED) is 0.396. The average Bonchev–Trinajstić information content (AvgIpc) is 2.46. The number of allylic oxidation sites excluding steroid dienone is 12. The van der Waals surface area contributed by atoms with E-state index in [0.29, 0.717) is 0 Å². The fourth-order valence-corrected chi connectivity index (χ4v) is 2.59. The molecular weight excluding hydrogens is 288 g/mol. The first kappa shape index (κ1) is 20.5. The maximum absolute atomic E-state index is 2.27. The lowest BCUT2D eigenvalue weighted by molar-refractivity contribution is 0.758. The Balaban J connectivity index is 0.000000180. The molecule has 0 aromatic carbocycles. The summed E-state index contributed by atoms with van der Waals surface area (Å²) in [7, 11) is 0. The van der Waals surface area contributed by atoms with Crippen LogP contribution in [0.3, 0.4) is 0 Å². The highest BCUT2D eigenvalue weighted by molar-refractivity contribution is 5.03. The lowest BCUT2D eigenvalue weighted by Crippen LogP contribution is -1.74. The van der Waals surface area contributed by atoms with Crippen molar-refractivity contribution in [2.75, 3.05) is 0 Å². The van der Waals surface area contributed by atoms with Crippen molar-refractivity contribution in [2.24, 2.45) is 0 Å². The molecule has 0 unspecified atom stereocenters. The fourth-order valence-electron chi connectivity index (χ4n) is 2.59. The Labute approximate surface area is 150 Å². The number of rotatable bonds is 0. The Morgan fingerprint density at radius 3 is 1.12 bits per heavy atom. The third-order valence-corrected chi connectivity index (χ3v) is 4.06. The second-order valence-corrected chi connectivity index (χ2v) is 6.35. The molecule has 0 spiro atoms. The first-order chi connectivity index (χ1) is 12.0. The van der Waals surface area contributed by atoms with E-state index in [1.807, 2.05) is 0 Å². The summed E-state index contributed by atoms with van der Waals surface area (Å²) in [5.41, 5.74) is 0. The average molecular weight is 325 g/mol. The van der Waals surface area contributed by atoms with Crippen LogP contribution in [0.1, 0.15) is 77.0 Å². The van der Waals surface area contributed by atoms with E-state index in [9.17, 15) is 0 Å². The van der Waals surface area contributed by atoms with Gasteiger partial charge in [0, 0.05) is 0 Å². The van der Waals surface area contributed by atoms with Crippen LogP contribution in [0.25, 0.3) is 0 Å². The van der Waals surface area contributed by atoms with Gasteiger partial charge < -0.3 is 0 Å². The highest BCUT2D eigenvalue weighted by atomic mass is 13.9. The van der Waals surface area contributed by atoms with Gasteiger partial charge in [-0.1, -0.05) is 72.9 Å². The van der Waals surface area contributed by atoms with E-state index >= 15 is 0 Å². The molecule has 24 heavy (non-hydrogen) atoms. The van der Waals surface area contributed by atoms with Crippen LogP contribution in [0.5, 0.6) is 0 Å². The molecule has 3 aliphatic rings. The van der Waals surface area contributed by atoms with Crippen LogP contribution in [-0.4, -0.2) is 0 Å². The van der Waals surface area contributed by atoms with Gasteiger partial charge in [-0.3, -0.25) is 0 Å². The van der Waals surface area contributed by atoms with Crippen molar-refractivity contribution >= 4 is 0 Å². The fraction of sp³-hybridized carbons (Fsp3) is 0.500. The molecule has 0 saturated carbocycles. The Kier molecular flexibility index (Phi) is 15.2. The minimum absolute atomic E-state index is 1.14. The van der Waals surface area contributed by atoms with E-state index in [2.05, 4.69) is 72.9 Å². The van der Waals surface area contributed by atoms with Gasteiger partial charge >= 0.3 is 0 Å². The van der Waals surface area contributed by atoms with Crippen LogP contribution in [0, 0.1) is 0 Å². The molecular formula is C24H36. The van der Waals surface area contributed by atoms with Crippen molar-refractivity contribution in [3.8, 4) is 0 Å². The van der Waals surface area contributed by atoms with Crippen LogP contribution < -0.4 is 0 Å². The van der Waals surface area contributed by atoms with Gasteiger partial charge in [0.15, 0.2) is 0 Å². The van der Waals surface area contributed by atoms with E-state index < -0.39 is 0 Å². The van der Waals surface area contributed by atoms with Crippen molar-refractivity contribution in [3.63, 3.8) is 0 Å². The highest BCUT2D eigenvalue weighted by Gasteiger charge is 1.84. The van der Waals surface area contributed by atoms with E-state index in [-0.39, 0.29) is 0 Å². The van der Waals surface area contributed by atoms with E-state index in [0.717, 1.165) is 6.42 Å². The van der Waals surface area contributed by atoms with Gasteiger partial charge in [0.2, 0.25) is 0 Å². The second-order valence-electron chi connectivity index (χ2n) is 6.35. The summed E-state index contributed by atoms with van der Waals surface area (Å²) >= 11 is 0. The lowest BCUT2D eigenvalue weighted by Gasteiger charge is -1.94. The third kappa shape index (κ3) is 15.3. The minimum atomic E-state index is 1.14. The SMILES string of the molecule is C1=CCC/C=C\CC1.C1=CCCC/C=C\C1.C1=CCCCCC=C1. The molecule has 0 heteroatoms. The largest absolute Gasteiger partial charge is 0.0882 e. The minimum Gasteiger partial charge on any atom is -0.0882 e. The van der Waals surface area contributed by atoms with Crippen molar-refractivity contribution in [1.82, 2.24) is 0 Å². The van der Waals surface area contributed by atoms with Crippen LogP contribution in [0.15, 0.2) is 72.9 Å². The molecule has 0 heterocycles. The van der Waals surface area contributed by atoms with E-state index in [4.69, 9.17) is 0 Å². The molecule has 0 aliphatic heterocycles. The van der Waals surface area contributed by atoms with E-state index in [1.54, 1.807) is 0 Å².